The van der Waals surface area contributed by atoms with E-state index in [1.165, 1.54) is 0 Å². The number of nitrogens with zero attached hydrogens (tertiary/aromatic N) is 3. The van der Waals surface area contributed by atoms with Crippen LogP contribution in [0.1, 0.15) is 33.5 Å². The predicted molar refractivity (Wildman–Crippen MR) is 72.8 cm³/mol. The zero-order chi connectivity index (χ0) is 14.8. The first-order valence-electron chi connectivity index (χ1n) is 5.95. The quantitative estimate of drug-likeness (QED) is 0.775. The summed E-state index contributed by atoms with van der Waals surface area (Å²) in [4.78, 5) is 0. The van der Waals surface area contributed by atoms with Gasteiger partial charge in [0, 0.05) is 36.4 Å². The summed E-state index contributed by atoms with van der Waals surface area (Å²) in [6.07, 6.45) is 0.574. The number of rotatable bonds is 5. The zero-order valence-corrected chi connectivity index (χ0v) is 13.4. The summed E-state index contributed by atoms with van der Waals surface area (Å²) < 4.78 is 29.7. The second-order valence-electron chi connectivity index (χ2n) is 5.61. The Morgan fingerprint density at radius 3 is 2.37 bits per heavy atom. The van der Waals surface area contributed by atoms with Gasteiger partial charge in [-0.15, -0.1) is 10.2 Å². The van der Waals surface area contributed by atoms with Crippen LogP contribution in [-0.4, -0.2) is 36.9 Å². The molecule has 1 unspecified atom stereocenters. The van der Waals surface area contributed by atoms with E-state index in [9.17, 15) is 8.42 Å². The number of aromatic nitrogens is 3. The molecule has 0 saturated carbocycles. The van der Waals surface area contributed by atoms with E-state index >= 15 is 0 Å². The molecule has 19 heavy (non-hydrogen) atoms. The molecule has 0 fully saturated rings. The molecule has 1 aromatic rings. The molecule has 8 heteroatoms. The lowest BCUT2D eigenvalue weighted by Gasteiger charge is -2.24. The van der Waals surface area contributed by atoms with Crippen molar-refractivity contribution in [1.82, 2.24) is 14.8 Å². The lowest BCUT2D eigenvalue weighted by molar-refractivity contribution is 0.157. The second-order valence-corrected chi connectivity index (χ2v) is 8.07. The maximum atomic E-state index is 11.5. The van der Waals surface area contributed by atoms with Gasteiger partial charge in [-0.3, -0.25) is 4.57 Å². The summed E-state index contributed by atoms with van der Waals surface area (Å²) in [7, 11) is 3.12. The fourth-order valence-corrected chi connectivity index (χ4v) is 2.95. The summed E-state index contributed by atoms with van der Waals surface area (Å²) in [5.74, 6) is 0.803. The summed E-state index contributed by atoms with van der Waals surface area (Å²) in [6.45, 7) is 8.21. The number of ether oxygens (including phenoxy) is 1. The van der Waals surface area contributed by atoms with Crippen LogP contribution in [0.3, 0.4) is 0 Å². The minimum atomic E-state index is -3.91. The van der Waals surface area contributed by atoms with Crippen LogP contribution in [-0.2, 0) is 25.7 Å². The molecule has 0 saturated heterocycles. The summed E-state index contributed by atoms with van der Waals surface area (Å²) in [5.41, 5.74) is -0.469. The monoisotopic (exact) mass is 309 g/mol. The van der Waals surface area contributed by atoms with E-state index in [1.54, 1.807) is 11.7 Å². The minimum Gasteiger partial charge on any atom is -0.384 e. The average molecular weight is 310 g/mol. The van der Waals surface area contributed by atoms with E-state index in [-0.39, 0.29) is 11.1 Å². The van der Waals surface area contributed by atoms with Crippen molar-refractivity contribution in [2.75, 3.05) is 13.7 Å². The third-order valence-electron chi connectivity index (χ3n) is 2.57. The van der Waals surface area contributed by atoms with Gasteiger partial charge >= 0.3 is 0 Å². The van der Waals surface area contributed by atoms with Gasteiger partial charge in [0.05, 0.1) is 0 Å². The van der Waals surface area contributed by atoms with Crippen LogP contribution in [0, 0.1) is 5.92 Å². The van der Waals surface area contributed by atoms with E-state index in [2.05, 4.69) is 10.2 Å². The maximum Gasteiger partial charge on any atom is 0.296 e. The highest BCUT2D eigenvalue weighted by atomic mass is 35.7. The van der Waals surface area contributed by atoms with E-state index in [1.807, 2.05) is 27.7 Å². The van der Waals surface area contributed by atoms with Crippen LogP contribution in [0.25, 0.3) is 0 Å². The van der Waals surface area contributed by atoms with Crippen molar-refractivity contribution in [1.29, 1.82) is 0 Å². The van der Waals surface area contributed by atoms with Crippen LogP contribution < -0.4 is 0 Å². The number of methoxy groups -OCH3 is 1. The molecule has 0 aliphatic rings. The molecule has 0 aliphatic carbocycles. The normalized spacial score (nSPS) is 14.6. The van der Waals surface area contributed by atoms with Crippen LogP contribution >= 0.6 is 10.7 Å². The molecule has 1 rings (SSSR count). The van der Waals surface area contributed by atoms with Crippen molar-refractivity contribution in [2.45, 2.75) is 44.8 Å². The maximum absolute atomic E-state index is 11.5. The first-order chi connectivity index (χ1) is 8.57. The highest BCUT2D eigenvalue weighted by Gasteiger charge is 2.29. The molecule has 0 N–H and O–H groups in total. The molecule has 0 radical (unpaired) electrons. The Balaban J connectivity index is 3.24. The van der Waals surface area contributed by atoms with Crippen molar-refractivity contribution in [3.8, 4) is 0 Å². The van der Waals surface area contributed by atoms with Gasteiger partial charge in [0.1, 0.15) is 5.82 Å². The van der Waals surface area contributed by atoms with Crippen molar-refractivity contribution < 1.29 is 13.2 Å². The lowest BCUT2D eigenvalue weighted by Crippen LogP contribution is -2.28. The second kappa shape index (κ2) is 5.76. The van der Waals surface area contributed by atoms with Crippen molar-refractivity contribution in [3.05, 3.63) is 5.82 Å². The Kier molecular flexibility index (Phi) is 4.97. The van der Waals surface area contributed by atoms with E-state index < -0.39 is 14.6 Å². The Morgan fingerprint density at radius 2 is 1.95 bits per heavy atom. The summed E-state index contributed by atoms with van der Waals surface area (Å²) in [6, 6.07) is 0. The van der Waals surface area contributed by atoms with Crippen LogP contribution in [0.4, 0.5) is 0 Å². The van der Waals surface area contributed by atoms with Gasteiger partial charge in [0.15, 0.2) is 0 Å². The van der Waals surface area contributed by atoms with Crippen LogP contribution in [0.2, 0.25) is 0 Å². The van der Waals surface area contributed by atoms with Gasteiger partial charge < -0.3 is 4.74 Å². The number of hydrogen-bond acceptors (Lipinski definition) is 5. The Hall–Kier alpha value is -0.660. The van der Waals surface area contributed by atoms with Gasteiger partial charge in [-0.25, -0.2) is 8.42 Å². The van der Waals surface area contributed by atoms with Crippen LogP contribution in [0.15, 0.2) is 5.16 Å². The fraction of sp³-hybridized carbons (Fsp3) is 0.818. The van der Waals surface area contributed by atoms with Crippen LogP contribution in [0.5, 0.6) is 0 Å². The molecule has 0 aliphatic heterocycles. The lowest BCUT2D eigenvalue weighted by atomic mass is 10.1. The van der Waals surface area contributed by atoms with E-state index in [0.717, 1.165) is 0 Å². The van der Waals surface area contributed by atoms with E-state index in [0.29, 0.717) is 18.9 Å². The fourth-order valence-electron chi connectivity index (χ4n) is 1.92. The molecule has 0 bridgehead atoms. The third kappa shape index (κ3) is 4.15. The topological polar surface area (TPSA) is 74.1 Å². The Labute approximate surface area is 118 Å². The van der Waals surface area contributed by atoms with Crippen molar-refractivity contribution in [2.24, 2.45) is 5.92 Å². The molecule has 6 nitrogen and oxygen atoms in total. The number of halogens is 1. The zero-order valence-electron chi connectivity index (χ0n) is 11.8. The molecule has 0 aromatic carbocycles. The first-order valence-corrected chi connectivity index (χ1v) is 8.26. The first kappa shape index (κ1) is 16.4. The molecule has 1 aromatic heterocycles. The molecule has 1 heterocycles. The highest BCUT2D eigenvalue weighted by Crippen LogP contribution is 2.25. The molecule has 0 spiro atoms. The Bertz CT molecular complexity index is 534. The predicted octanol–water partition coefficient (Wildman–Crippen LogP) is 1.79. The summed E-state index contributed by atoms with van der Waals surface area (Å²) in [5, 5.41) is 7.48. The molecule has 0 amide bonds. The smallest absolute Gasteiger partial charge is 0.296 e. The molecule has 110 valence electrons. The van der Waals surface area contributed by atoms with Gasteiger partial charge in [-0.2, -0.15) is 0 Å². The van der Waals surface area contributed by atoms with Gasteiger partial charge in [-0.1, -0.05) is 6.92 Å². The summed E-state index contributed by atoms with van der Waals surface area (Å²) >= 11 is 0. The number of hydrogen-bond donors (Lipinski definition) is 0. The Morgan fingerprint density at radius 1 is 1.37 bits per heavy atom. The average Bonchev–Trinajstić information content (AvgIpc) is 2.60. The van der Waals surface area contributed by atoms with Crippen molar-refractivity contribution in [3.63, 3.8) is 0 Å². The highest BCUT2D eigenvalue weighted by molar-refractivity contribution is 8.13. The van der Waals surface area contributed by atoms with Gasteiger partial charge in [0.2, 0.25) is 0 Å². The SMILES string of the molecule is COCC(C)Cc1nnc(S(=O)(=O)Cl)n1C(C)(C)C. The molecule has 1 atom stereocenters. The molecular formula is C11H20ClN3O3S. The third-order valence-corrected chi connectivity index (χ3v) is 3.69. The largest absolute Gasteiger partial charge is 0.384 e. The molecular weight excluding hydrogens is 290 g/mol. The minimum absolute atomic E-state index is 0.207. The van der Waals surface area contributed by atoms with Crippen molar-refractivity contribution >= 4 is 19.7 Å². The van der Waals surface area contributed by atoms with Gasteiger partial charge in [-0.05, 0) is 26.7 Å². The van der Waals surface area contributed by atoms with Gasteiger partial charge in [0.25, 0.3) is 14.2 Å². The van der Waals surface area contributed by atoms with E-state index in [4.69, 9.17) is 15.4 Å². The standard InChI is InChI=1S/C11H20ClN3O3S/c1-8(7-18-5)6-9-13-14-10(19(12,16)17)15(9)11(2,3)4/h8H,6-7H2,1-5H3.